The first-order chi connectivity index (χ1) is 13.2. The number of hydrogen-bond donors (Lipinski definition) is 0. The van der Waals surface area contributed by atoms with Crippen molar-refractivity contribution < 1.29 is 18.3 Å². The van der Waals surface area contributed by atoms with Crippen LogP contribution in [0, 0.1) is 5.82 Å². The molecule has 1 aliphatic heterocycles. The molecule has 1 atom stereocenters. The summed E-state index contributed by atoms with van der Waals surface area (Å²) in [6.07, 6.45) is 0. The number of nitrogens with zero attached hydrogens (tertiary/aromatic N) is 3. The number of rotatable bonds is 5. The Morgan fingerprint density at radius 3 is 2.56 bits per heavy atom. The predicted molar refractivity (Wildman–Crippen MR) is 96.0 cm³/mol. The van der Waals surface area contributed by atoms with Gasteiger partial charge in [0.2, 0.25) is 0 Å². The van der Waals surface area contributed by atoms with Crippen LogP contribution in [0.4, 0.5) is 14.5 Å². The first kappa shape index (κ1) is 17.2. The van der Waals surface area contributed by atoms with Crippen LogP contribution in [0.15, 0.2) is 60.7 Å². The zero-order chi connectivity index (χ0) is 18.8. The van der Waals surface area contributed by atoms with Gasteiger partial charge in [-0.3, -0.25) is 14.4 Å². The molecule has 3 aromatic rings. The second kappa shape index (κ2) is 7.19. The Kier molecular flexibility index (Phi) is 4.58. The van der Waals surface area contributed by atoms with E-state index in [1.54, 1.807) is 6.07 Å². The number of benzene rings is 2. The fourth-order valence-electron chi connectivity index (χ4n) is 3.14. The standard InChI is InChI=1S/C20H17F2N3O2/c21-11-17-12-24-19(20(26)25(17)16-8-6-14(22)7-9-16)10-15(23-24)13-27-18-4-2-1-3-5-18/h1-10,17H,11-13H2. The molecule has 0 saturated carbocycles. The molecule has 0 saturated heterocycles. The molecule has 2 heterocycles. The van der Waals surface area contributed by atoms with Crippen molar-refractivity contribution in [1.82, 2.24) is 9.78 Å². The third-order valence-electron chi connectivity index (χ3n) is 4.43. The van der Waals surface area contributed by atoms with E-state index in [0.717, 1.165) is 0 Å². The van der Waals surface area contributed by atoms with Gasteiger partial charge in [0.1, 0.15) is 36.2 Å². The highest BCUT2D eigenvalue weighted by Crippen LogP contribution is 2.26. The van der Waals surface area contributed by atoms with Gasteiger partial charge in [-0.2, -0.15) is 5.10 Å². The van der Waals surface area contributed by atoms with Gasteiger partial charge in [-0.15, -0.1) is 0 Å². The van der Waals surface area contributed by atoms with Gasteiger partial charge < -0.3 is 4.74 Å². The van der Waals surface area contributed by atoms with Crippen molar-refractivity contribution >= 4 is 11.6 Å². The topological polar surface area (TPSA) is 47.4 Å². The third-order valence-corrected chi connectivity index (χ3v) is 4.43. The molecule has 0 radical (unpaired) electrons. The minimum Gasteiger partial charge on any atom is -0.487 e. The highest BCUT2D eigenvalue weighted by Gasteiger charge is 2.35. The van der Waals surface area contributed by atoms with Gasteiger partial charge in [-0.25, -0.2) is 8.78 Å². The van der Waals surface area contributed by atoms with Crippen molar-refractivity contribution in [3.05, 3.63) is 77.9 Å². The maximum atomic E-state index is 13.6. The van der Waals surface area contributed by atoms with Gasteiger partial charge in [0.05, 0.1) is 12.6 Å². The zero-order valence-electron chi connectivity index (χ0n) is 14.4. The molecule has 0 N–H and O–H groups in total. The summed E-state index contributed by atoms with van der Waals surface area (Å²) in [6, 6.07) is 15.7. The van der Waals surface area contributed by atoms with E-state index in [0.29, 0.717) is 22.8 Å². The zero-order valence-corrected chi connectivity index (χ0v) is 14.4. The SMILES string of the molecule is O=C1c2cc(COc3ccccc3)nn2CC(CF)N1c1ccc(F)cc1. The smallest absolute Gasteiger partial charge is 0.276 e. The number of carbonyl (C=O) groups is 1. The lowest BCUT2D eigenvalue weighted by atomic mass is 10.1. The Morgan fingerprint density at radius 2 is 1.85 bits per heavy atom. The van der Waals surface area contributed by atoms with Gasteiger partial charge >= 0.3 is 0 Å². The monoisotopic (exact) mass is 369 g/mol. The van der Waals surface area contributed by atoms with Crippen LogP contribution >= 0.6 is 0 Å². The molecule has 138 valence electrons. The van der Waals surface area contributed by atoms with E-state index in [9.17, 15) is 13.6 Å². The van der Waals surface area contributed by atoms with E-state index in [-0.39, 0.29) is 19.1 Å². The summed E-state index contributed by atoms with van der Waals surface area (Å²) < 4.78 is 34.0. The van der Waals surface area contributed by atoms with Crippen LogP contribution in [0.3, 0.4) is 0 Å². The molecular weight excluding hydrogens is 352 g/mol. The second-order valence-corrected chi connectivity index (χ2v) is 6.26. The largest absolute Gasteiger partial charge is 0.487 e. The number of ether oxygens (including phenoxy) is 1. The molecular formula is C20H17F2N3O2. The summed E-state index contributed by atoms with van der Waals surface area (Å²) in [5.74, 6) is -0.0799. The summed E-state index contributed by atoms with van der Waals surface area (Å²) in [4.78, 5) is 14.3. The third kappa shape index (κ3) is 3.40. The minimum atomic E-state index is -0.724. The lowest BCUT2D eigenvalue weighted by Crippen LogP contribution is -2.49. The van der Waals surface area contributed by atoms with Gasteiger partial charge in [-0.05, 0) is 42.5 Å². The molecule has 1 unspecified atom stereocenters. The van der Waals surface area contributed by atoms with E-state index < -0.39 is 18.5 Å². The van der Waals surface area contributed by atoms with E-state index in [4.69, 9.17) is 4.74 Å². The van der Waals surface area contributed by atoms with Crippen LogP contribution in [0.25, 0.3) is 0 Å². The molecule has 2 aromatic carbocycles. The van der Waals surface area contributed by atoms with Crippen LogP contribution < -0.4 is 9.64 Å². The Bertz CT molecular complexity index is 942. The Morgan fingerprint density at radius 1 is 1.11 bits per heavy atom. The Hall–Kier alpha value is -3.22. The van der Waals surface area contributed by atoms with Crippen molar-refractivity contribution in [2.45, 2.75) is 19.2 Å². The minimum absolute atomic E-state index is 0.203. The number of alkyl halides is 1. The summed E-state index contributed by atoms with van der Waals surface area (Å²) in [7, 11) is 0. The van der Waals surface area contributed by atoms with Crippen LogP contribution in [-0.4, -0.2) is 28.4 Å². The summed E-state index contributed by atoms with van der Waals surface area (Å²) >= 11 is 0. The van der Waals surface area contributed by atoms with Crippen molar-refractivity contribution in [3.63, 3.8) is 0 Å². The first-order valence-corrected chi connectivity index (χ1v) is 8.55. The van der Waals surface area contributed by atoms with E-state index >= 15 is 0 Å². The fraction of sp³-hybridized carbons (Fsp3) is 0.200. The molecule has 0 bridgehead atoms. The maximum Gasteiger partial charge on any atom is 0.276 e. The van der Waals surface area contributed by atoms with Crippen molar-refractivity contribution in [2.75, 3.05) is 11.6 Å². The molecule has 0 aliphatic carbocycles. The Balaban J connectivity index is 1.58. The molecule has 0 fully saturated rings. The van der Waals surface area contributed by atoms with Gasteiger partial charge in [-0.1, -0.05) is 18.2 Å². The number of aromatic nitrogens is 2. The number of carbonyl (C=O) groups excluding carboxylic acids is 1. The number of hydrogen-bond acceptors (Lipinski definition) is 3. The molecule has 5 nitrogen and oxygen atoms in total. The number of amides is 1. The molecule has 27 heavy (non-hydrogen) atoms. The summed E-state index contributed by atoms with van der Waals surface area (Å²) in [6.45, 7) is -0.299. The van der Waals surface area contributed by atoms with Gasteiger partial charge in [0.15, 0.2) is 0 Å². The second-order valence-electron chi connectivity index (χ2n) is 6.26. The van der Waals surface area contributed by atoms with Gasteiger partial charge in [0, 0.05) is 5.69 Å². The van der Waals surface area contributed by atoms with Crippen molar-refractivity contribution in [1.29, 1.82) is 0 Å². The van der Waals surface area contributed by atoms with E-state index in [1.807, 2.05) is 30.3 Å². The lowest BCUT2D eigenvalue weighted by molar-refractivity contribution is 0.0936. The van der Waals surface area contributed by atoms with E-state index in [2.05, 4.69) is 5.10 Å². The average Bonchev–Trinajstić information content (AvgIpc) is 3.11. The van der Waals surface area contributed by atoms with Crippen LogP contribution in [0.2, 0.25) is 0 Å². The number of halogens is 2. The molecule has 0 spiro atoms. The van der Waals surface area contributed by atoms with Crippen LogP contribution in [0.1, 0.15) is 16.2 Å². The summed E-state index contributed by atoms with van der Waals surface area (Å²) in [5.41, 5.74) is 1.40. The molecule has 1 aromatic heterocycles. The first-order valence-electron chi connectivity index (χ1n) is 8.55. The Labute approximate surface area is 154 Å². The quantitative estimate of drug-likeness (QED) is 0.690. The fourth-order valence-corrected chi connectivity index (χ4v) is 3.14. The summed E-state index contributed by atoms with van der Waals surface area (Å²) in [5, 5.41) is 4.37. The number of fused-ring (bicyclic) bond motifs is 1. The normalized spacial score (nSPS) is 16.3. The molecule has 7 heteroatoms. The number of anilines is 1. The highest BCUT2D eigenvalue weighted by molar-refractivity contribution is 6.06. The van der Waals surface area contributed by atoms with Crippen molar-refractivity contribution in [2.24, 2.45) is 0 Å². The van der Waals surface area contributed by atoms with Crippen molar-refractivity contribution in [3.8, 4) is 5.75 Å². The van der Waals surface area contributed by atoms with E-state index in [1.165, 1.54) is 33.8 Å². The van der Waals surface area contributed by atoms with Crippen LogP contribution in [-0.2, 0) is 13.2 Å². The van der Waals surface area contributed by atoms with Gasteiger partial charge in [0.25, 0.3) is 5.91 Å². The van der Waals surface area contributed by atoms with Crippen LogP contribution in [0.5, 0.6) is 5.75 Å². The molecule has 1 amide bonds. The highest BCUT2D eigenvalue weighted by atomic mass is 19.1. The number of para-hydroxylation sites is 1. The lowest BCUT2D eigenvalue weighted by Gasteiger charge is -2.34. The molecule has 4 rings (SSSR count). The maximum absolute atomic E-state index is 13.6. The average molecular weight is 369 g/mol. The molecule has 1 aliphatic rings. The predicted octanol–water partition coefficient (Wildman–Crippen LogP) is 3.60.